The quantitative estimate of drug-likeness (QED) is 0.442. The van der Waals surface area contributed by atoms with Crippen LogP contribution in [-0.2, 0) is 9.63 Å². The van der Waals surface area contributed by atoms with E-state index in [1.54, 1.807) is 32.4 Å². The fourth-order valence-corrected chi connectivity index (χ4v) is 1.09. The van der Waals surface area contributed by atoms with Gasteiger partial charge in [0.2, 0.25) is 0 Å². The van der Waals surface area contributed by atoms with Crippen LogP contribution < -0.4 is 9.47 Å². The van der Waals surface area contributed by atoms with Crippen molar-refractivity contribution >= 4 is 12.2 Å². The Kier molecular flexibility index (Phi) is 4.32. The third-order valence-corrected chi connectivity index (χ3v) is 1.79. The van der Waals surface area contributed by atoms with Crippen LogP contribution >= 0.6 is 0 Å². The van der Waals surface area contributed by atoms with Crippen molar-refractivity contribution in [3.8, 4) is 11.5 Å². The summed E-state index contributed by atoms with van der Waals surface area (Å²) in [6.45, 7) is 1.28. The molecule has 1 rings (SSSR count). The Morgan fingerprint density at radius 2 is 1.94 bits per heavy atom. The van der Waals surface area contributed by atoms with Gasteiger partial charge in [-0.1, -0.05) is 5.16 Å². The molecule has 0 radical (unpaired) electrons. The van der Waals surface area contributed by atoms with E-state index in [2.05, 4.69) is 9.99 Å². The minimum atomic E-state index is -0.461. The summed E-state index contributed by atoms with van der Waals surface area (Å²) in [5, 5.41) is 3.50. The van der Waals surface area contributed by atoms with Crippen molar-refractivity contribution in [2.45, 2.75) is 6.92 Å². The predicted molar refractivity (Wildman–Crippen MR) is 58.9 cm³/mol. The topological polar surface area (TPSA) is 57.1 Å². The molecule has 0 aliphatic carbocycles. The van der Waals surface area contributed by atoms with Crippen LogP contribution in [0.5, 0.6) is 11.5 Å². The van der Waals surface area contributed by atoms with Gasteiger partial charge in [-0.15, -0.1) is 0 Å². The molecule has 0 aromatic heterocycles. The number of rotatable bonds is 4. The zero-order chi connectivity index (χ0) is 12.0. The van der Waals surface area contributed by atoms with Gasteiger partial charge >= 0.3 is 5.97 Å². The zero-order valence-electron chi connectivity index (χ0n) is 9.39. The van der Waals surface area contributed by atoms with Gasteiger partial charge in [0.05, 0.1) is 20.4 Å². The second-order valence-corrected chi connectivity index (χ2v) is 2.93. The van der Waals surface area contributed by atoms with E-state index in [0.29, 0.717) is 11.5 Å². The average Bonchev–Trinajstić information content (AvgIpc) is 2.28. The standard InChI is InChI=1S/C11H13NO4/c1-8(13)16-12-7-9-4-5-10(14-2)11(6-9)15-3/h4-7H,1-3H3/b12-7-. The number of hydrogen-bond donors (Lipinski definition) is 0. The van der Waals surface area contributed by atoms with E-state index >= 15 is 0 Å². The average molecular weight is 223 g/mol. The molecule has 0 N–H and O–H groups in total. The number of oxime groups is 1. The van der Waals surface area contributed by atoms with Crippen LogP contribution in [0.4, 0.5) is 0 Å². The number of ether oxygens (including phenoxy) is 2. The molecule has 0 aliphatic heterocycles. The van der Waals surface area contributed by atoms with Crippen LogP contribution in [0, 0.1) is 0 Å². The maximum absolute atomic E-state index is 10.5. The summed E-state index contributed by atoms with van der Waals surface area (Å²) in [6, 6.07) is 5.24. The third-order valence-electron chi connectivity index (χ3n) is 1.79. The highest BCUT2D eigenvalue weighted by atomic mass is 16.7. The largest absolute Gasteiger partial charge is 0.493 e. The zero-order valence-corrected chi connectivity index (χ0v) is 9.39. The smallest absolute Gasteiger partial charge is 0.331 e. The van der Waals surface area contributed by atoms with Gasteiger partial charge in [-0.05, 0) is 18.2 Å². The van der Waals surface area contributed by atoms with Gasteiger partial charge in [-0.25, -0.2) is 4.79 Å². The van der Waals surface area contributed by atoms with Crippen LogP contribution in [0.1, 0.15) is 12.5 Å². The third kappa shape index (κ3) is 3.27. The minimum Gasteiger partial charge on any atom is -0.493 e. The molecule has 0 saturated carbocycles. The Labute approximate surface area is 93.6 Å². The van der Waals surface area contributed by atoms with Crippen molar-refractivity contribution in [2.24, 2.45) is 5.16 Å². The molecule has 0 amide bonds. The molecule has 0 spiro atoms. The maximum Gasteiger partial charge on any atom is 0.331 e. The molecule has 1 aromatic rings. The molecule has 0 heterocycles. The van der Waals surface area contributed by atoms with Crippen LogP contribution in [0.2, 0.25) is 0 Å². The molecule has 86 valence electrons. The Hall–Kier alpha value is -2.04. The van der Waals surface area contributed by atoms with E-state index < -0.39 is 5.97 Å². The number of carbonyl (C=O) groups is 1. The molecular formula is C11H13NO4. The van der Waals surface area contributed by atoms with Crippen molar-refractivity contribution in [2.75, 3.05) is 14.2 Å². The van der Waals surface area contributed by atoms with Crippen molar-refractivity contribution < 1.29 is 19.1 Å². The molecule has 0 aliphatic rings. The van der Waals surface area contributed by atoms with Crippen molar-refractivity contribution in [1.82, 2.24) is 0 Å². The first kappa shape index (κ1) is 12.0. The van der Waals surface area contributed by atoms with E-state index in [1.165, 1.54) is 13.1 Å². The number of carbonyl (C=O) groups excluding carboxylic acids is 1. The van der Waals surface area contributed by atoms with Crippen LogP contribution in [0.25, 0.3) is 0 Å². The van der Waals surface area contributed by atoms with Gasteiger partial charge in [0, 0.05) is 12.5 Å². The van der Waals surface area contributed by atoms with Gasteiger partial charge in [0.25, 0.3) is 0 Å². The van der Waals surface area contributed by atoms with Gasteiger partial charge in [0.1, 0.15) is 0 Å². The van der Waals surface area contributed by atoms with Gasteiger partial charge < -0.3 is 14.3 Å². The molecule has 5 heteroatoms. The van der Waals surface area contributed by atoms with Crippen LogP contribution in [0.15, 0.2) is 23.4 Å². The summed E-state index contributed by atoms with van der Waals surface area (Å²) in [5.74, 6) is 0.762. The fraction of sp³-hybridized carbons (Fsp3) is 0.273. The van der Waals surface area contributed by atoms with Crippen molar-refractivity contribution in [3.63, 3.8) is 0 Å². The van der Waals surface area contributed by atoms with Gasteiger partial charge in [-0.3, -0.25) is 0 Å². The molecule has 16 heavy (non-hydrogen) atoms. The van der Waals surface area contributed by atoms with Crippen LogP contribution in [-0.4, -0.2) is 26.4 Å². The summed E-state index contributed by atoms with van der Waals surface area (Å²) in [5.41, 5.74) is 0.749. The minimum absolute atomic E-state index is 0.461. The Morgan fingerprint density at radius 1 is 1.25 bits per heavy atom. The number of methoxy groups -OCH3 is 2. The van der Waals surface area contributed by atoms with Gasteiger partial charge in [0.15, 0.2) is 11.5 Å². The lowest BCUT2D eigenvalue weighted by atomic mass is 10.2. The monoisotopic (exact) mass is 223 g/mol. The lowest BCUT2D eigenvalue weighted by molar-refractivity contribution is -0.140. The first-order valence-corrected chi connectivity index (χ1v) is 4.60. The summed E-state index contributed by atoms with van der Waals surface area (Å²) < 4.78 is 10.2. The number of nitrogens with zero attached hydrogens (tertiary/aromatic N) is 1. The van der Waals surface area contributed by atoms with Crippen molar-refractivity contribution in [1.29, 1.82) is 0 Å². The lowest BCUT2D eigenvalue weighted by Gasteiger charge is -2.07. The van der Waals surface area contributed by atoms with E-state index in [9.17, 15) is 4.79 Å². The van der Waals surface area contributed by atoms with E-state index in [4.69, 9.17) is 9.47 Å². The molecule has 1 aromatic carbocycles. The first-order chi connectivity index (χ1) is 7.67. The second kappa shape index (κ2) is 5.75. The molecule has 0 atom stereocenters. The Balaban J connectivity index is 2.82. The SMILES string of the molecule is COc1ccc(/C=N\OC(C)=O)cc1OC. The van der Waals surface area contributed by atoms with Crippen molar-refractivity contribution in [3.05, 3.63) is 23.8 Å². The fourth-order valence-electron chi connectivity index (χ4n) is 1.09. The number of benzene rings is 1. The highest BCUT2D eigenvalue weighted by Gasteiger charge is 2.02. The Morgan fingerprint density at radius 3 is 2.50 bits per heavy atom. The molecule has 0 saturated heterocycles. The lowest BCUT2D eigenvalue weighted by Crippen LogP contribution is -1.94. The van der Waals surface area contributed by atoms with E-state index in [1.807, 2.05) is 0 Å². The second-order valence-electron chi connectivity index (χ2n) is 2.93. The molecular weight excluding hydrogens is 210 g/mol. The predicted octanol–water partition coefficient (Wildman–Crippen LogP) is 1.60. The summed E-state index contributed by atoms with van der Waals surface area (Å²) in [7, 11) is 3.11. The van der Waals surface area contributed by atoms with Gasteiger partial charge in [-0.2, -0.15) is 0 Å². The maximum atomic E-state index is 10.5. The van der Waals surface area contributed by atoms with E-state index in [0.717, 1.165) is 5.56 Å². The normalized spacial score (nSPS) is 10.2. The molecule has 5 nitrogen and oxygen atoms in total. The summed E-state index contributed by atoms with van der Waals surface area (Å²) in [4.78, 5) is 14.9. The highest BCUT2D eigenvalue weighted by Crippen LogP contribution is 2.26. The number of hydrogen-bond acceptors (Lipinski definition) is 5. The Bertz CT molecular complexity index is 401. The molecule has 0 bridgehead atoms. The van der Waals surface area contributed by atoms with E-state index in [-0.39, 0.29) is 0 Å². The summed E-state index contributed by atoms with van der Waals surface area (Å²) in [6.07, 6.45) is 1.42. The molecule has 0 fully saturated rings. The molecule has 0 unspecified atom stereocenters. The summed E-state index contributed by atoms with van der Waals surface area (Å²) >= 11 is 0. The highest BCUT2D eigenvalue weighted by molar-refractivity contribution is 5.81. The first-order valence-electron chi connectivity index (χ1n) is 4.60. The van der Waals surface area contributed by atoms with Crippen LogP contribution in [0.3, 0.4) is 0 Å².